The van der Waals surface area contributed by atoms with Crippen LogP contribution in [0.1, 0.15) is 31.2 Å². The first-order chi connectivity index (χ1) is 13.0. The molecule has 2 aromatic rings. The van der Waals surface area contributed by atoms with E-state index in [1.807, 2.05) is 0 Å². The summed E-state index contributed by atoms with van der Waals surface area (Å²) in [6.07, 6.45) is 3.25. The van der Waals surface area contributed by atoms with Crippen molar-refractivity contribution in [1.82, 2.24) is 4.72 Å². The van der Waals surface area contributed by atoms with Crippen LogP contribution in [0.2, 0.25) is 0 Å². The van der Waals surface area contributed by atoms with E-state index in [4.69, 9.17) is 0 Å². The second kappa shape index (κ2) is 8.63. The minimum absolute atomic E-state index is 0.0681. The standard InChI is InChI=1S/C20H23FN2O3S/c21-19-8-2-1-6-16(19)7-3-4-14-22-27(25,26)18-12-10-17(11-13-18)23-15-5-9-20(23)24/h1-2,6,8,10-13,22H,3-5,7,9,14-15H2. The molecule has 0 radical (unpaired) electrons. The number of unbranched alkanes of at least 4 members (excludes halogenated alkanes) is 1. The number of amides is 1. The molecule has 144 valence electrons. The van der Waals surface area contributed by atoms with Crippen LogP contribution < -0.4 is 9.62 Å². The molecule has 2 aromatic carbocycles. The van der Waals surface area contributed by atoms with Crippen molar-refractivity contribution in [1.29, 1.82) is 0 Å². The van der Waals surface area contributed by atoms with Gasteiger partial charge >= 0.3 is 0 Å². The minimum atomic E-state index is -3.59. The first-order valence-electron chi connectivity index (χ1n) is 9.11. The number of rotatable bonds is 8. The molecule has 0 atom stereocenters. The summed E-state index contributed by atoms with van der Waals surface area (Å²) < 4.78 is 40.8. The van der Waals surface area contributed by atoms with Crippen molar-refractivity contribution in [3.05, 3.63) is 59.9 Å². The highest BCUT2D eigenvalue weighted by atomic mass is 32.2. The summed E-state index contributed by atoms with van der Waals surface area (Å²) in [6, 6.07) is 13.0. The van der Waals surface area contributed by atoms with E-state index in [0.717, 1.165) is 12.1 Å². The van der Waals surface area contributed by atoms with Gasteiger partial charge in [-0.2, -0.15) is 0 Å². The van der Waals surface area contributed by atoms with Crippen molar-refractivity contribution in [3.63, 3.8) is 0 Å². The van der Waals surface area contributed by atoms with Gasteiger partial charge in [-0.1, -0.05) is 18.2 Å². The Hall–Kier alpha value is -2.25. The van der Waals surface area contributed by atoms with Crippen molar-refractivity contribution < 1.29 is 17.6 Å². The Morgan fingerprint density at radius 1 is 1.04 bits per heavy atom. The molecule has 7 heteroatoms. The summed E-state index contributed by atoms with van der Waals surface area (Å²) in [7, 11) is -3.59. The summed E-state index contributed by atoms with van der Waals surface area (Å²) in [5.41, 5.74) is 1.37. The average molecular weight is 390 g/mol. The molecule has 1 fully saturated rings. The lowest BCUT2D eigenvalue weighted by Gasteiger charge is -2.16. The molecule has 0 aliphatic carbocycles. The fraction of sp³-hybridized carbons (Fsp3) is 0.350. The lowest BCUT2D eigenvalue weighted by atomic mass is 10.1. The molecule has 1 N–H and O–H groups in total. The van der Waals surface area contributed by atoms with Gasteiger partial charge in [0.2, 0.25) is 15.9 Å². The highest BCUT2D eigenvalue weighted by Crippen LogP contribution is 2.23. The third-order valence-electron chi connectivity index (χ3n) is 4.65. The number of anilines is 1. The number of hydrogen-bond acceptors (Lipinski definition) is 3. The average Bonchev–Trinajstić information content (AvgIpc) is 3.09. The maximum Gasteiger partial charge on any atom is 0.240 e. The zero-order valence-corrected chi connectivity index (χ0v) is 15.8. The fourth-order valence-electron chi connectivity index (χ4n) is 3.16. The van der Waals surface area contributed by atoms with E-state index in [9.17, 15) is 17.6 Å². The first-order valence-corrected chi connectivity index (χ1v) is 10.6. The number of benzene rings is 2. The Labute approximate surface area is 159 Å². The van der Waals surface area contributed by atoms with Crippen molar-refractivity contribution in [3.8, 4) is 0 Å². The van der Waals surface area contributed by atoms with Crippen LogP contribution in [0.5, 0.6) is 0 Å². The second-order valence-corrected chi connectivity index (χ2v) is 8.36. The van der Waals surface area contributed by atoms with Crippen LogP contribution in [0.25, 0.3) is 0 Å². The molecule has 5 nitrogen and oxygen atoms in total. The Bertz CT molecular complexity index is 898. The molecule has 27 heavy (non-hydrogen) atoms. The first kappa shape index (κ1) is 19.5. The Balaban J connectivity index is 1.49. The summed E-state index contributed by atoms with van der Waals surface area (Å²) in [4.78, 5) is 13.6. The number of halogens is 1. The van der Waals surface area contributed by atoms with Gasteiger partial charge in [-0.3, -0.25) is 4.79 Å². The van der Waals surface area contributed by atoms with Gasteiger partial charge in [0.15, 0.2) is 0 Å². The largest absolute Gasteiger partial charge is 0.312 e. The molecular formula is C20H23FN2O3S. The third kappa shape index (κ3) is 4.93. The van der Waals surface area contributed by atoms with Crippen LogP contribution >= 0.6 is 0 Å². The number of nitrogens with one attached hydrogen (secondary N) is 1. The van der Waals surface area contributed by atoms with Gasteiger partial charge in [0.25, 0.3) is 0 Å². The van der Waals surface area contributed by atoms with Crippen LogP contribution in [0, 0.1) is 5.82 Å². The lowest BCUT2D eigenvalue weighted by Crippen LogP contribution is -2.26. The molecule has 0 aromatic heterocycles. The quantitative estimate of drug-likeness (QED) is 0.704. The molecule has 1 heterocycles. The SMILES string of the molecule is O=C1CCCN1c1ccc(S(=O)(=O)NCCCCc2ccccc2F)cc1. The number of carbonyl (C=O) groups is 1. The van der Waals surface area contributed by atoms with E-state index in [2.05, 4.69) is 4.72 Å². The maximum absolute atomic E-state index is 13.5. The number of sulfonamides is 1. The predicted octanol–water partition coefficient (Wildman–Crippen LogP) is 3.25. The summed E-state index contributed by atoms with van der Waals surface area (Å²) >= 11 is 0. The molecule has 0 unspecified atom stereocenters. The second-order valence-electron chi connectivity index (χ2n) is 6.59. The van der Waals surface area contributed by atoms with Gasteiger partial charge in [0, 0.05) is 25.2 Å². The van der Waals surface area contributed by atoms with Crippen LogP contribution in [0.15, 0.2) is 53.4 Å². The zero-order chi connectivity index (χ0) is 19.3. The Morgan fingerprint density at radius 3 is 2.44 bits per heavy atom. The highest BCUT2D eigenvalue weighted by Gasteiger charge is 2.22. The summed E-state index contributed by atoms with van der Waals surface area (Å²) in [6.45, 7) is 0.967. The third-order valence-corrected chi connectivity index (χ3v) is 6.13. The van der Waals surface area contributed by atoms with Crippen molar-refractivity contribution in [2.45, 2.75) is 37.0 Å². The molecule has 1 aliphatic rings. The zero-order valence-electron chi connectivity index (χ0n) is 15.0. The van der Waals surface area contributed by atoms with E-state index >= 15 is 0 Å². The predicted molar refractivity (Wildman–Crippen MR) is 103 cm³/mol. The smallest absolute Gasteiger partial charge is 0.240 e. The van der Waals surface area contributed by atoms with Gasteiger partial charge in [-0.15, -0.1) is 0 Å². The van der Waals surface area contributed by atoms with Crippen LogP contribution in [0.3, 0.4) is 0 Å². The Kier molecular flexibility index (Phi) is 6.23. The molecule has 1 amide bonds. The number of hydrogen-bond donors (Lipinski definition) is 1. The van der Waals surface area contributed by atoms with E-state index < -0.39 is 10.0 Å². The van der Waals surface area contributed by atoms with Crippen molar-refractivity contribution >= 4 is 21.6 Å². The monoisotopic (exact) mass is 390 g/mol. The summed E-state index contributed by atoms with van der Waals surface area (Å²) in [5, 5.41) is 0. The van der Waals surface area contributed by atoms with Crippen LogP contribution in [-0.2, 0) is 21.2 Å². The van der Waals surface area contributed by atoms with E-state index in [-0.39, 0.29) is 16.6 Å². The van der Waals surface area contributed by atoms with Crippen molar-refractivity contribution in [2.75, 3.05) is 18.0 Å². The van der Waals surface area contributed by atoms with Gasteiger partial charge in [-0.25, -0.2) is 17.5 Å². The van der Waals surface area contributed by atoms with Crippen molar-refractivity contribution in [2.24, 2.45) is 0 Å². The topological polar surface area (TPSA) is 66.5 Å². The number of carbonyl (C=O) groups excluding carboxylic acids is 1. The van der Waals surface area contributed by atoms with E-state index in [0.29, 0.717) is 44.3 Å². The van der Waals surface area contributed by atoms with Gasteiger partial charge in [0.1, 0.15) is 5.82 Å². The van der Waals surface area contributed by atoms with Crippen LogP contribution in [-0.4, -0.2) is 27.4 Å². The molecular weight excluding hydrogens is 367 g/mol. The van der Waals surface area contributed by atoms with Gasteiger partial charge < -0.3 is 4.90 Å². The van der Waals surface area contributed by atoms with E-state index in [1.165, 1.54) is 18.2 Å². The maximum atomic E-state index is 13.5. The number of aryl methyl sites for hydroxylation is 1. The molecule has 0 saturated carbocycles. The fourth-order valence-corrected chi connectivity index (χ4v) is 4.23. The highest BCUT2D eigenvalue weighted by molar-refractivity contribution is 7.89. The molecule has 3 rings (SSSR count). The Morgan fingerprint density at radius 2 is 1.78 bits per heavy atom. The van der Waals surface area contributed by atoms with E-state index in [1.54, 1.807) is 35.2 Å². The van der Waals surface area contributed by atoms with Gasteiger partial charge in [-0.05, 0) is 61.6 Å². The molecule has 0 spiro atoms. The normalized spacial score (nSPS) is 14.7. The number of nitrogens with zero attached hydrogens (tertiary/aromatic N) is 1. The summed E-state index contributed by atoms with van der Waals surface area (Å²) in [5.74, 6) is -0.159. The lowest BCUT2D eigenvalue weighted by molar-refractivity contribution is -0.117. The van der Waals surface area contributed by atoms with Gasteiger partial charge in [0.05, 0.1) is 4.90 Å². The molecule has 1 aliphatic heterocycles. The molecule has 0 bridgehead atoms. The minimum Gasteiger partial charge on any atom is -0.312 e. The molecule has 1 saturated heterocycles. The van der Waals surface area contributed by atoms with Crippen LogP contribution in [0.4, 0.5) is 10.1 Å².